The molecule has 2 aromatic heterocycles. The molecule has 0 aliphatic carbocycles. The zero-order valence-corrected chi connectivity index (χ0v) is 21.5. The molecule has 5 rings (SSSR count). The second kappa shape index (κ2) is 10.4. The molecule has 3 aromatic rings. The number of ether oxygens (including phenoxy) is 2. The summed E-state index contributed by atoms with van der Waals surface area (Å²) < 4.78 is 14.1. The van der Waals surface area contributed by atoms with Crippen LogP contribution in [0.25, 0.3) is 11.0 Å². The van der Waals surface area contributed by atoms with Crippen molar-refractivity contribution in [2.24, 2.45) is 5.92 Å². The Kier molecular flexibility index (Phi) is 7.11. The highest BCUT2D eigenvalue weighted by molar-refractivity contribution is 5.81. The molecule has 2 fully saturated rings. The Bertz CT molecular complexity index is 1150. The van der Waals surface area contributed by atoms with Gasteiger partial charge in [-0.25, -0.2) is 4.98 Å². The average Bonchev–Trinajstić information content (AvgIpc) is 3.15. The maximum absolute atomic E-state index is 6.23. The third-order valence-corrected chi connectivity index (χ3v) is 7.03. The van der Waals surface area contributed by atoms with E-state index in [-0.39, 0.29) is 6.10 Å². The lowest BCUT2D eigenvalue weighted by molar-refractivity contribution is 0.0616. The van der Waals surface area contributed by atoms with Gasteiger partial charge in [0.05, 0.1) is 11.8 Å². The fourth-order valence-corrected chi connectivity index (χ4v) is 5.02. The van der Waals surface area contributed by atoms with Crippen LogP contribution >= 0.6 is 0 Å². The number of rotatable bonds is 7. The minimum absolute atomic E-state index is 0.0977. The van der Waals surface area contributed by atoms with E-state index >= 15 is 0 Å². The molecule has 1 N–H and O–H groups in total. The number of fused-ring (bicyclic) bond motifs is 1. The van der Waals surface area contributed by atoms with Crippen LogP contribution in [0, 0.1) is 12.8 Å². The predicted octanol–water partition coefficient (Wildman–Crippen LogP) is 4.45. The quantitative estimate of drug-likeness (QED) is 0.538. The second-order valence-electron chi connectivity index (χ2n) is 10.2. The van der Waals surface area contributed by atoms with Crippen LogP contribution in [0.1, 0.15) is 32.3 Å². The summed E-state index contributed by atoms with van der Waals surface area (Å²) in [5.74, 6) is 2.13. The number of anilines is 3. The molecule has 8 heteroatoms. The SMILES string of the molecule is Cc1cn(CC2CCOCC2)c2nc(Nc3ccc(N4CCN(C)CC4)c(OC(C)C)c3)ncc12. The van der Waals surface area contributed by atoms with Gasteiger partial charge in [0.2, 0.25) is 5.95 Å². The van der Waals surface area contributed by atoms with E-state index in [1.54, 1.807) is 0 Å². The van der Waals surface area contributed by atoms with Gasteiger partial charge in [0.15, 0.2) is 0 Å². The molecular weight excluding hydrogens is 440 g/mol. The van der Waals surface area contributed by atoms with Crippen molar-refractivity contribution in [3.63, 3.8) is 0 Å². The smallest absolute Gasteiger partial charge is 0.229 e. The Morgan fingerprint density at radius 1 is 1.14 bits per heavy atom. The number of nitrogens with zero attached hydrogens (tertiary/aromatic N) is 5. The van der Waals surface area contributed by atoms with Crippen LogP contribution in [0.15, 0.2) is 30.6 Å². The second-order valence-corrected chi connectivity index (χ2v) is 10.2. The molecular formula is C27H38N6O2. The van der Waals surface area contributed by atoms with E-state index in [1.807, 2.05) is 6.20 Å². The normalized spacial score (nSPS) is 17.9. The van der Waals surface area contributed by atoms with Crippen molar-refractivity contribution < 1.29 is 9.47 Å². The molecule has 2 saturated heterocycles. The van der Waals surface area contributed by atoms with Gasteiger partial charge in [0, 0.05) is 75.5 Å². The third kappa shape index (κ3) is 5.54. The van der Waals surface area contributed by atoms with E-state index in [9.17, 15) is 0 Å². The summed E-state index contributed by atoms with van der Waals surface area (Å²) in [5.41, 5.74) is 4.27. The van der Waals surface area contributed by atoms with Crippen LogP contribution in [-0.4, -0.2) is 72.0 Å². The summed E-state index contributed by atoms with van der Waals surface area (Å²) in [4.78, 5) is 14.3. The number of likely N-dealkylation sites (N-methyl/N-ethyl adjacent to an activating group) is 1. The van der Waals surface area contributed by atoms with Crippen LogP contribution in [0.4, 0.5) is 17.3 Å². The first-order valence-corrected chi connectivity index (χ1v) is 12.9. The van der Waals surface area contributed by atoms with Crippen LogP contribution in [0.5, 0.6) is 5.75 Å². The maximum Gasteiger partial charge on any atom is 0.229 e. The highest BCUT2D eigenvalue weighted by Crippen LogP contribution is 2.34. The number of aryl methyl sites for hydroxylation is 1. The van der Waals surface area contributed by atoms with Gasteiger partial charge in [-0.2, -0.15) is 4.98 Å². The topological polar surface area (TPSA) is 67.7 Å². The van der Waals surface area contributed by atoms with Crippen molar-refractivity contribution in [2.45, 2.75) is 46.3 Å². The summed E-state index contributed by atoms with van der Waals surface area (Å²) in [6.45, 7) is 13.1. The first-order chi connectivity index (χ1) is 17.0. The van der Waals surface area contributed by atoms with Gasteiger partial charge in [0.25, 0.3) is 0 Å². The Hall–Kier alpha value is -2.84. The lowest BCUT2D eigenvalue weighted by Gasteiger charge is -2.35. The van der Waals surface area contributed by atoms with E-state index in [0.717, 1.165) is 86.9 Å². The zero-order chi connectivity index (χ0) is 24.4. The number of nitrogens with one attached hydrogen (secondary N) is 1. The Morgan fingerprint density at radius 2 is 1.91 bits per heavy atom. The third-order valence-electron chi connectivity index (χ3n) is 7.03. The summed E-state index contributed by atoms with van der Waals surface area (Å²) in [7, 11) is 2.17. The zero-order valence-electron chi connectivity index (χ0n) is 21.5. The number of aromatic nitrogens is 3. The average molecular weight is 479 g/mol. The molecule has 2 aliphatic heterocycles. The number of benzene rings is 1. The minimum Gasteiger partial charge on any atom is -0.489 e. The minimum atomic E-state index is 0.0977. The predicted molar refractivity (Wildman–Crippen MR) is 141 cm³/mol. The van der Waals surface area contributed by atoms with Gasteiger partial charge in [-0.3, -0.25) is 0 Å². The molecule has 35 heavy (non-hydrogen) atoms. The van der Waals surface area contributed by atoms with Gasteiger partial charge in [-0.05, 0) is 64.3 Å². The molecule has 0 saturated carbocycles. The van der Waals surface area contributed by atoms with Crippen LogP contribution in [-0.2, 0) is 11.3 Å². The molecule has 0 bridgehead atoms. The van der Waals surface area contributed by atoms with E-state index in [1.165, 1.54) is 5.56 Å². The van der Waals surface area contributed by atoms with Crippen molar-refractivity contribution in [3.05, 3.63) is 36.2 Å². The number of hydrogen-bond acceptors (Lipinski definition) is 7. The van der Waals surface area contributed by atoms with Crippen molar-refractivity contribution in [2.75, 3.05) is 56.7 Å². The van der Waals surface area contributed by atoms with E-state index in [0.29, 0.717) is 11.9 Å². The van der Waals surface area contributed by atoms with Gasteiger partial charge < -0.3 is 29.2 Å². The molecule has 188 valence electrons. The lowest BCUT2D eigenvalue weighted by atomic mass is 10.0. The summed E-state index contributed by atoms with van der Waals surface area (Å²) in [6, 6.07) is 6.33. The van der Waals surface area contributed by atoms with Gasteiger partial charge in [-0.1, -0.05) is 0 Å². The van der Waals surface area contributed by atoms with Crippen LogP contribution in [0.2, 0.25) is 0 Å². The molecule has 0 radical (unpaired) electrons. The molecule has 1 aromatic carbocycles. The fourth-order valence-electron chi connectivity index (χ4n) is 5.02. The molecule has 4 heterocycles. The Balaban J connectivity index is 1.39. The van der Waals surface area contributed by atoms with Crippen molar-refractivity contribution in [1.82, 2.24) is 19.4 Å². The molecule has 8 nitrogen and oxygen atoms in total. The number of piperazine rings is 1. The van der Waals surface area contributed by atoms with E-state index in [2.05, 4.69) is 76.9 Å². The van der Waals surface area contributed by atoms with Crippen molar-refractivity contribution in [3.8, 4) is 5.75 Å². The molecule has 0 spiro atoms. The highest BCUT2D eigenvalue weighted by Gasteiger charge is 2.20. The standard InChI is InChI=1S/C27H38N6O2/c1-19(2)35-25-15-22(5-6-24(25)32-11-9-31(4)10-12-32)29-27-28-16-23-20(3)17-33(26(23)30-27)18-21-7-13-34-14-8-21/h5-6,15-17,19,21H,7-14,18H2,1-4H3,(H,28,29,30). The molecule has 0 amide bonds. The van der Waals surface area contributed by atoms with Gasteiger partial charge in [0.1, 0.15) is 11.4 Å². The largest absolute Gasteiger partial charge is 0.489 e. The number of hydrogen-bond donors (Lipinski definition) is 1. The summed E-state index contributed by atoms with van der Waals surface area (Å²) in [6.07, 6.45) is 6.45. The van der Waals surface area contributed by atoms with Crippen LogP contribution < -0.4 is 15.0 Å². The van der Waals surface area contributed by atoms with Gasteiger partial charge >= 0.3 is 0 Å². The summed E-state index contributed by atoms with van der Waals surface area (Å²) >= 11 is 0. The van der Waals surface area contributed by atoms with Crippen molar-refractivity contribution in [1.29, 1.82) is 0 Å². The Labute approximate surface area is 208 Å². The first kappa shape index (κ1) is 23.9. The van der Waals surface area contributed by atoms with Crippen LogP contribution in [0.3, 0.4) is 0 Å². The van der Waals surface area contributed by atoms with E-state index < -0.39 is 0 Å². The monoisotopic (exact) mass is 478 g/mol. The summed E-state index contributed by atoms with van der Waals surface area (Å²) in [5, 5.41) is 4.53. The molecule has 0 unspecified atom stereocenters. The molecule has 0 atom stereocenters. The lowest BCUT2D eigenvalue weighted by Crippen LogP contribution is -2.44. The Morgan fingerprint density at radius 3 is 2.66 bits per heavy atom. The van der Waals surface area contributed by atoms with E-state index in [4.69, 9.17) is 14.5 Å². The van der Waals surface area contributed by atoms with Crippen molar-refractivity contribution >= 4 is 28.4 Å². The molecule has 2 aliphatic rings. The maximum atomic E-state index is 6.23. The fraction of sp³-hybridized carbons (Fsp3) is 0.556. The highest BCUT2D eigenvalue weighted by atomic mass is 16.5. The van der Waals surface area contributed by atoms with Gasteiger partial charge in [-0.15, -0.1) is 0 Å². The first-order valence-electron chi connectivity index (χ1n) is 12.9.